The minimum Gasteiger partial charge on any atom is -0.491 e. The van der Waals surface area contributed by atoms with Crippen molar-refractivity contribution in [3.05, 3.63) is 51.4 Å². The Bertz CT molecular complexity index is 788. The molecular formula is C19H24ClFN2O4. The fraction of sp³-hybridized carbons (Fsp3) is 0.474. The first kappa shape index (κ1) is 21.2. The number of hydrogen-bond donors (Lipinski definition) is 0. The van der Waals surface area contributed by atoms with Gasteiger partial charge in [0.05, 0.1) is 24.9 Å². The highest BCUT2D eigenvalue weighted by atomic mass is 35.5. The topological polar surface area (TPSA) is 62.6 Å². The molecule has 0 saturated carbocycles. The van der Waals surface area contributed by atoms with Crippen LogP contribution in [0.25, 0.3) is 0 Å². The maximum Gasteiger partial charge on any atom is 0.289 e. The van der Waals surface area contributed by atoms with Crippen molar-refractivity contribution in [1.82, 2.24) is 9.78 Å². The average molecular weight is 399 g/mol. The van der Waals surface area contributed by atoms with Gasteiger partial charge in [0, 0.05) is 0 Å². The van der Waals surface area contributed by atoms with Crippen molar-refractivity contribution in [3.8, 4) is 11.5 Å². The van der Waals surface area contributed by atoms with Crippen molar-refractivity contribution < 1.29 is 18.6 Å². The molecule has 0 N–H and O–H groups in total. The summed E-state index contributed by atoms with van der Waals surface area (Å²) in [5.41, 5.74) is 0.0268. The molecule has 0 radical (unpaired) electrons. The molecule has 0 aliphatic heterocycles. The number of alkyl halides is 1. The molecule has 0 unspecified atom stereocenters. The number of rotatable bonds is 9. The molecule has 2 rings (SSSR count). The Balaban J connectivity index is 1.91. The first-order valence-electron chi connectivity index (χ1n) is 8.59. The Kier molecular flexibility index (Phi) is 7.62. The molecule has 1 aromatic carbocycles. The van der Waals surface area contributed by atoms with E-state index in [0.29, 0.717) is 19.0 Å². The zero-order valence-corrected chi connectivity index (χ0v) is 16.5. The standard InChI is InChI=1S/C19H24ClFN2O4/c1-19(2,3)23-18(24)17(20)16(12-22-23)27-13-14-4-6-15(7-5-14)26-11-10-25-9-8-21/h4-7,12H,8-11,13H2,1-3H3. The van der Waals surface area contributed by atoms with E-state index in [1.807, 2.05) is 32.9 Å². The van der Waals surface area contributed by atoms with E-state index in [-0.39, 0.29) is 29.5 Å². The number of ether oxygens (including phenoxy) is 3. The number of hydrogen-bond acceptors (Lipinski definition) is 5. The normalized spacial score (nSPS) is 11.4. The van der Waals surface area contributed by atoms with E-state index in [2.05, 4.69) is 5.10 Å². The van der Waals surface area contributed by atoms with Gasteiger partial charge in [0.1, 0.15) is 25.6 Å². The maximum absolute atomic E-state index is 12.3. The van der Waals surface area contributed by atoms with E-state index in [4.69, 9.17) is 25.8 Å². The lowest BCUT2D eigenvalue weighted by molar-refractivity contribution is 0.0897. The van der Waals surface area contributed by atoms with Crippen molar-refractivity contribution in [2.24, 2.45) is 0 Å². The molecule has 0 bridgehead atoms. The average Bonchev–Trinajstić information content (AvgIpc) is 2.63. The molecule has 1 heterocycles. The molecule has 0 amide bonds. The molecule has 1 aromatic heterocycles. The van der Waals surface area contributed by atoms with Crippen LogP contribution in [0.2, 0.25) is 5.02 Å². The Hall–Kier alpha value is -2.12. The monoisotopic (exact) mass is 398 g/mol. The zero-order chi connectivity index (χ0) is 19.9. The van der Waals surface area contributed by atoms with Gasteiger partial charge in [0.25, 0.3) is 5.56 Å². The molecule has 2 aromatic rings. The molecule has 0 fully saturated rings. The van der Waals surface area contributed by atoms with Crippen LogP contribution in [0.1, 0.15) is 26.3 Å². The van der Waals surface area contributed by atoms with Gasteiger partial charge in [-0.25, -0.2) is 9.07 Å². The van der Waals surface area contributed by atoms with Gasteiger partial charge < -0.3 is 14.2 Å². The summed E-state index contributed by atoms with van der Waals surface area (Å²) < 4.78 is 29.3. The molecule has 0 aliphatic carbocycles. The highest BCUT2D eigenvalue weighted by Crippen LogP contribution is 2.22. The number of aromatic nitrogens is 2. The van der Waals surface area contributed by atoms with Crippen molar-refractivity contribution >= 4 is 11.6 Å². The van der Waals surface area contributed by atoms with Gasteiger partial charge in [-0.15, -0.1) is 0 Å². The Labute approximate surface area is 162 Å². The summed E-state index contributed by atoms with van der Waals surface area (Å²) in [6.07, 6.45) is 1.45. The first-order chi connectivity index (χ1) is 12.8. The zero-order valence-electron chi connectivity index (χ0n) is 15.7. The molecule has 0 atom stereocenters. The van der Waals surface area contributed by atoms with E-state index in [1.54, 1.807) is 12.1 Å². The molecular weight excluding hydrogens is 375 g/mol. The van der Waals surface area contributed by atoms with Crippen LogP contribution in [0.5, 0.6) is 11.5 Å². The minimum atomic E-state index is -0.500. The molecule has 0 aliphatic rings. The maximum atomic E-state index is 12.3. The predicted molar refractivity (Wildman–Crippen MR) is 102 cm³/mol. The van der Waals surface area contributed by atoms with Crippen molar-refractivity contribution in [1.29, 1.82) is 0 Å². The van der Waals surface area contributed by atoms with Gasteiger partial charge >= 0.3 is 0 Å². The Morgan fingerprint density at radius 2 is 1.81 bits per heavy atom. The quantitative estimate of drug-likeness (QED) is 0.604. The van der Waals surface area contributed by atoms with Gasteiger partial charge in [0.15, 0.2) is 10.8 Å². The second-order valence-corrected chi connectivity index (χ2v) is 7.17. The van der Waals surface area contributed by atoms with Gasteiger partial charge in [-0.05, 0) is 38.5 Å². The van der Waals surface area contributed by atoms with Gasteiger partial charge in [-0.1, -0.05) is 23.7 Å². The van der Waals surface area contributed by atoms with Crippen LogP contribution >= 0.6 is 11.6 Å². The fourth-order valence-electron chi connectivity index (χ4n) is 2.21. The lowest BCUT2D eigenvalue weighted by Gasteiger charge is -2.21. The summed E-state index contributed by atoms with van der Waals surface area (Å²) >= 11 is 6.14. The molecule has 8 heteroatoms. The molecule has 0 saturated heterocycles. The highest BCUT2D eigenvalue weighted by molar-refractivity contribution is 6.31. The number of halogens is 2. The van der Waals surface area contributed by atoms with E-state index in [9.17, 15) is 9.18 Å². The van der Waals surface area contributed by atoms with Crippen LogP contribution in [0.15, 0.2) is 35.3 Å². The van der Waals surface area contributed by atoms with Crippen molar-refractivity contribution in [3.63, 3.8) is 0 Å². The van der Waals surface area contributed by atoms with E-state index in [1.165, 1.54) is 10.9 Å². The summed E-state index contributed by atoms with van der Waals surface area (Å²) in [7, 11) is 0. The van der Waals surface area contributed by atoms with E-state index in [0.717, 1.165) is 5.56 Å². The first-order valence-corrected chi connectivity index (χ1v) is 8.97. The van der Waals surface area contributed by atoms with Gasteiger partial charge in [0.2, 0.25) is 0 Å². The summed E-state index contributed by atoms with van der Waals surface area (Å²) in [5.74, 6) is 0.919. The third-order valence-corrected chi connectivity index (χ3v) is 3.91. The molecule has 6 nitrogen and oxygen atoms in total. The Morgan fingerprint density at radius 3 is 2.44 bits per heavy atom. The summed E-state index contributed by atoms with van der Waals surface area (Å²) in [4.78, 5) is 12.3. The lowest BCUT2D eigenvalue weighted by Crippen LogP contribution is -2.36. The molecule has 148 valence electrons. The van der Waals surface area contributed by atoms with Crippen LogP contribution in [-0.2, 0) is 16.9 Å². The molecule has 0 spiro atoms. The number of benzene rings is 1. The van der Waals surface area contributed by atoms with Crippen LogP contribution in [0, 0.1) is 0 Å². The summed E-state index contributed by atoms with van der Waals surface area (Å²) in [6, 6.07) is 7.28. The van der Waals surface area contributed by atoms with Crippen LogP contribution in [0.3, 0.4) is 0 Å². The summed E-state index contributed by atoms with van der Waals surface area (Å²) in [6.45, 7) is 6.11. The second kappa shape index (κ2) is 9.71. The van der Waals surface area contributed by atoms with E-state index >= 15 is 0 Å². The largest absolute Gasteiger partial charge is 0.491 e. The highest BCUT2D eigenvalue weighted by Gasteiger charge is 2.19. The third kappa shape index (κ3) is 6.22. The van der Waals surface area contributed by atoms with Crippen LogP contribution in [0.4, 0.5) is 4.39 Å². The van der Waals surface area contributed by atoms with Crippen LogP contribution in [-0.4, -0.2) is 36.3 Å². The van der Waals surface area contributed by atoms with Crippen molar-refractivity contribution in [2.75, 3.05) is 26.5 Å². The summed E-state index contributed by atoms with van der Waals surface area (Å²) in [5, 5.41) is 4.14. The predicted octanol–water partition coefficient (Wildman–Crippen LogP) is 3.60. The SMILES string of the molecule is CC(C)(C)n1ncc(OCc2ccc(OCCOCCF)cc2)c(Cl)c1=O. The lowest BCUT2D eigenvalue weighted by atomic mass is 10.1. The van der Waals surface area contributed by atoms with Crippen LogP contribution < -0.4 is 15.0 Å². The Morgan fingerprint density at radius 1 is 1.11 bits per heavy atom. The number of nitrogens with zero attached hydrogens (tertiary/aromatic N) is 2. The fourth-order valence-corrected chi connectivity index (χ4v) is 2.40. The second-order valence-electron chi connectivity index (χ2n) is 6.79. The van der Waals surface area contributed by atoms with E-state index < -0.39 is 12.2 Å². The minimum absolute atomic E-state index is 0.00755. The van der Waals surface area contributed by atoms with Crippen molar-refractivity contribution in [2.45, 2.75) is 32.9 Å². The smallest absolute Gasteiger partial charge is 0.289 e. The van der Waals surface area contributed by atoms with Gasteiger partial charge in [-0.3, -0.25) is 4.79 Å². The molecule has 27 heavy (non-hydrogen) atoms. The third-order valence-electron chi connectivity index (χ3n) is 3.56. The van der Waals surface area contributed by atoms with Gasteiger partial charge in [-0.2, -0.15) is 5.10 Å².